The quantitative estimate of drug-likeness (QED) is 0.729. The lowest BCUT2D eigenvalue weighted by molar-refractivity contribution is -0.118. The van der Waals surface area contributed by atoms with Crippen LogP contribution in [0.3, 0.4) is 0 Å². The summed E-state index contributed by atoms with van der Waals surface area (Å²) < 4.78 is 10.4. The number of aryl methyl sites for hydroxylation is 1. The third-order valence-electron chi connectivity index (χ3n) is 4.36. The van der Waals surface area contributed by atoms with E-state index in [4.69, 9.17) is 21.1 Å². The van der Waals surface area contributed by atoms with E-state index < -0.39 is 6.04 Å². The summed E-state index contributed by atoms with van der Waals surface area (Å²) >= 11 is 6.25. The lowest BCUT2D eigenvalue weighted by Crippen LogP contribution is -2.47. The van der Waals surface area contributed by atoms with E-state index in [9.17, 15) is 9.59 Å². The number of carbonyl (C=O) groups is 2. The maximum atomic E-state index is 12.9. The molecule has 2 aromatic rings. The molecule has 0 aliphatic carbocycles. The molecule has 0 saturated carbocycles. The molecule has 0 heterocycles. The van der Waals surface area contributed by atoms with Crippen LogP contribution in [0.4, 0.5) is 5.69 Å². The standard InChI is InChI=1S/C21H25ClN2O4/c1-12(2)19(24-20(25)14-9-7-6-8-13(14)3)21(26)23-16-11-18(28-5)17(27-4)10-15(16)22/h6-12,19H,1-5H3,(H,23,26)(H,24,25). The number of carbonyl (C=O) groups excluding carboxylic acids is 2. The number of rotatable bonds is 7. The Morgan fingerprint density at radius 1 is 1.04 bits per heavy atom. The second-order valence-electron chi connectivity index (χ2n) is 6.69. The Kier molecular flexibility index (Phi) is 7.29. The molecule has 2 amide bonds. The predicted molar refractivity (Wildman–Crippen MR) is 110 cm³/mol. The minimum Gasteiger partial charge on any atom is -0.493 e. The summed E-state index contributed by atoms with van der Waals surface area (Å²) in [5, 5.41) is 5.89. The van der Waals surface area contributed by atoms with Gasteiger partial charge in [-0.15, -0.1) is 0 Å². The lowest BCUT2D eigenvalue weighted by atomic mass is 10.0. The summed E-state index contributed by atoms with van der Waals surface area (Å²) in [7, 11) is 3.00. The molecule has 6 nitrogen and oxygen atoms in total. The number of amides is 2. The molecule has 0 aliphatic rings. The van der Waals surface area contributed by atoms with Crippen molar-refractivity contribution in [3.63, 3.8) is 0 Å². The van der Waals surface area contributed by atoms with Crippen molar-refractivity contribution in [1.29, 1.82) is 0 Å². The predicted octanol–water partition coefficient (Wildman–Crippen LogP) is 4.06. The number of hydrogen-bond acceptors (Lipinski definition) is 4. The second kappa shape index (κ2) is 9.46. The molecular formula is C21H25ClN2O4. The molecule has 0 saturated heterocycles. The molecule has 1 unspecified atom stereocenters. The van der Waals surface area contributed by atoms with Gasteiger partial charge in [-0.1, -0.05) is 43.6 Å². The zero-order valence-corrected chi connectivity index (χ0v) is 17.4. The lowest BCUT2D eigenvalue weighted by Gasteiger charge is -2.23. The molecule has 0 bridgehead atoms. The van der Waals surface area contributed by atoms with Crippen LogP contribution in [0.5, 0.6) is 11.5 Å². The minimum absolute atomic E-state index is 0.133. The number of hydrogen-bond donors (Lipinski definition) is 2. The number of halogens is 1. The highest BCUT2D eigenvalue weighted by Gasteiger charge is 2.26. The van der Waals surface area contributed by atoms with E-state index in [-0.39, 0.29) is 17.7 Å². The van der Waals surface area contributed by atoms with Crippen LogP contribution in [-0.4, -0.2) is 32.1 Å². The van der Waals surface area contributed by atoms with Crippen LogP contribution >= 0.6 is 11.6 Å². The van der Waals surface area contributed by atoms with Gasteiger partial charge in [-0.05, 0) is 24.5 Å². The SMILES string of the molecule is COc1cc(Cl)c(NC(=O)C(NC(=O)c2ccccc2C)C(C)C)cc1OC. The zero-order valence-electron chi connectivity index (χ0n) is 16.6. The third kappa shape index (κ3) is 4.95. The molecule has 2 rings (SSSR count). The van der Waals surface area contributed by atoms with E-state index in [2.05, 4.69) is 10.6 Å². The fourth-order valence-electron chi connectivity index (χ4n) is 2.74. The van der Waals surface area contributed by atoms with Gasteiger partial charge in [-0.2, -0.15) is 0 Å². The van der Waals surface area contributed by atoms with Gasteiger partial charge < -0.3 is 20.1 Å². The zero-order chi connectivity index (χ0) is 20.8. The largest absolute Gasteiger partial charge is 0.493 e. The van der Waals surface area contributed by atoms with E-state index in [1.807, 2.05) is 32.9 Å². The highest BCUT2D eigenvalue weighted by Crippen LogP contribution is 2.36. The summed E-state index contributed by atoms with van der Waals surface area (Å²) in [6.07, 6.45) is 0. The number of nitrogens with one attached hydrogen (secondary N) is 2. The molecule has 0 aliphatic heterocycles. The molecule has 28 heavy (non-hydrogen) atoms. The summed E-state index contributed by atoms with van der Waals surface area (Å²) in [6.45, 7) is 5.57. The van der Waals surface area contributed by atoms with Crippen LogP contribution in [0.25, 0.3) is 0 Å². The van der Waals surface area contributed by atoms with E-state index in [1.165, 1.54) is 14.2 Å². The highest BCUT2D eigenvalue weighted by atomic mass is 35.5. The summed E-state index contributed by atoms with van der Waals surface area (Å²) in [5.74, 6) is 0.0920. The Balaban J connectivity index is 2.22. The normalized spacial score (nSPS) is 11.7. The Hall–Kier alpha value is -2.73. The van der Waals surface area contributed by atoms with Crippen molar-refractivity contribution in [3.05, 3.63) is 52.5 Å². The molecule has 0 spiro atoms. The van der Waals surface area contributed by atoms with Crippen LogP contribution in [0.2, 0.25) is 5.02 Å². The first-order chi connectivity index (χ1) is 13.3. The molecule has 7 heteroatoms. The van der Waals surface area contributed by atoms with Crippen LogP contribution in [0.15, 0.2) is 36.4 Å². The van der Waals surface area contributed by atoms with Crippen molar-refractivity contribution in [1.82, 2.24) is 5.32 Å². The van der Waals surface area contributed by atoms with Crippen molar-refractivity contribution in [2.75, 3.05) is 19.5 Å². The summed E-state index contributed by atoms with van der Waals surface area (Å²) in [5.41, 5.74) is 1.75. The van der Waals surface area contributed by atoms with Crippen molar-refractivity contribution >= 4 is 29.1 Å². The average molecular weight is 405 g/mol. The molecule has 0 aromatic heterocycles. The van der Waals surface area contributed by atoms with Gasteiger partial charge in [0.05, 0.1) is 24.9 Å². The van der Waals surface area contributed by atoms with Gasteiger partial charge in [0.15, 0.2) is 11.5 Å². The first-order valence-electron chi connectivity index (χ1n) is 8.87. The number of anilines is 1. The van der Waals surface area contributed by atoms with Gasteiger partial charge in [0.25, 0.3) is 5.91 Å². The van der Waals surface area contributed by atoms with Crippen LogP contribution in [0, 0.1) is 12.8 Å². The third-order valence-corrected chi connectivity index (χ3v) is 4.67. The molecule has 2 N–H and O–H groups in total. The van der Waals surface area contributed by atoms with Gasteiger partial charge in [-0.25, -0.2) is 0 Å². The number of methoxy groups -OCH3 is 2. The molecular weight excluding hydrogens is 380 g/mol. The summed E-state index contributed by atoms with van der Waals surface area (Å²) in [6, 6.07) is 9.63. The molecule has 1 atom stereocenters. The van der Waals surface area contributed by atoms with Crippen LogP contribution < -0.4 is 20.1 Å². The van der Waals surface area contributed by atoms with Crippen molar-refractivity contribution in [3.8, 4) is 11.5 Å². The van der Waals surface area contributed by atoms with Gasteiger partial charge in [0.1, 0.15) is 6.04 Å². The second-order valence-corrected chi connectivity index (χ2v) is 7.09. The number of benzene rings is 2. The molecule has 150 valence electrons. The average Bonchev–Trinajstić information content (AvgIpc) is 2.67. The van der Waals surface area contributed by atoms with E-state index in [0.717, 1.165) is 5.56 Å². The Morgan fingerprint density at radius 3 is 2.21 bits per heavy atom. The first kappa shape index (κ1) is 21.6. The highest BCUT2D eigenvalue weighted by molar-refractivity contribution is 6.34. The fourth-order valence-corrected chi connectivity index (χ4v) is 2.94. The van der Waals surface area contributed by atoms with Gasteiger partial charge >= 0.3 is 0 Å². The maximum Gasteiger partial charge on any atom is 0.252 e. The van der Waals surface area contributed by atoms with E-state index in [1.54, 1.807) is 24.3 Å². The summed E-state index contributed by atoms with van der Waals surface area (Å²) in [4.78, 5) is 25.5. The topological polar surface area (TPSA) is 76.7 Å². The van der Waals surface area contributed by atoms with Crippen LogP contribution in [0.1, 0.15) is 29.8 Å². The molecule has 0 radical (unpaired) electrons. The van der Waals surface area contributed by atoms with Crippen molar-refractivity contribution in [2.45, 2.75) is 26.8 Å². The Labute approximate surface area is 170 Å². The fraction of sp³-hybridized carbons (Fsp3) is 0.333. The minimum atomic E-state index is -0.740. The monoisotopic (exact) mass is 404 g/mol. The Bertz CT molecular complexity index is 867. The maximum absolute atomic E-state index is 12.9. The number of ether oxygens (including phenoxy) is 2. The molecule has 2 aromatic carbocycles. The Morgan fingerprint density at radius 2 is 1.64 bits per heavy atom. The van der Waals surface area contributed by atoms with Crippen molar-refractivity contribution in [2.24, 2.45) is 5.92 Å². The van der Waals surface area contributed by atoms with E-state index >= 15 is 0 Å². The van der Waals surface area contributed by atoms with Gasteiger partial charge in [0, 0.05) is 17.7 Å². The van der Waals surface area contributed by atoms with Gasteiger partial charge in [-0.3, -0.25) is 9.59 Å². The first-order valence-corrected chi connectivity index (χ1v) is 9.25. The van der Waals surface area contributed by atoms with E-state index in [0.29, 0.717) is 27.8 Å². The van der Waals surface area contributed by atoms with Crippen LogP contribution in [-0.2, 0) is 4.79 Å². The van der Waals surface area contributed by atoms with Crippen molar-refractivity contribution < 1.29 is 19.1 Å². The van der Waals surface area contributed by atoms with Gasteiger partial charge in [0.2, 0.25) is 5.91 Å². The molecule has 0 fully saturated rings. The smallest absolute Gasteiger partial charge is 0.252 e.